The summed E-state index contributed by atoms with van der Waals surface area (Å²) >= 11 is 0. The highest BCUT2D eigenvalue weighted by Crippen LogP contribution is 1.64. The van der Waals surface area contributed by atoms with Gasteiger partial charge in [0.25, 0.3) is 0 Å². The Bertz CT molecular complexity index is 28.9. The van der Waals surface area contributed by atoms with Crippen molar-refractivity contribution in [2.45, 2.75) is 13.3 Å². The van der Waals surface area contributed by atoms with Crippen LogP contribution in [0, 0.1) is 0 Å². The zero-order valence-corrected chi connectivity index (χ0v) is 4.57. The van der Waals surface area contributed by atoms with Crippen LogP contribution in [-0.2, 0) is 0 Å². The molecule has 0 saturated carbocycles. The molecule has 0 aliphatic carbocycles. The van der Waals surface area contributed by atoms with Gasteiger partial charge in [0.2, 0.25) is 0 Å². The van der Waals surface area contributed by atoms with E-state index in [1.807, 2.05) is 5.48 Å². The van der Waals surface area contributed by atoms with Gasteiger partial charge in [-0.3, -0.25) is 0 Å². The third-order valence-corrected chi connectivity index (χ3v) is 0.631. The van der Waals surface area contributed by atoms with Crippen molar-refractivity contribution in [3.63, 3.8) is 0 Å². The molecule has 0 rings (SSSR count). The molecule has 0 bridgehead atoms. The van der Waals surface area contributed by atoms with Crippen LogP contribution >= 0.6 is 0 Å². The third kappa shape index (κ3) is 5.88. The van der Waals surface area contributed by atoms with E-state index in [1.54, 1.807) is 0 Å². The Kier molecular flexibility index (Phi) is 5.78. The minimum absolute atomic E-state index is 0.480. The van der Waals surface area contributed by atoms with E-state index >= 15 is 0 Å². The van der Waals surface area contributed by atoms with Gasteiger partial charge < -0.3 is 10.5 Å². The molecule has 0 saturated heterocycles. The highest BCUT2D eigenvalue weighted by atomic mass is 16.5. The van der Waals surface area contributed by atoms with E-state index in [1.165, 1.54) is 0 Å². The van der Waals surface area contributed by atoms with Crippen molar-refractivity contribution >= 4 is 0 Å². The average Bonchev–Trinajstić information content (AvgIpc) is 1.69. The monoisotopic (exact) mass is 104 g/mol. The van der Waals surface area contributed by atoms with E-state index in [9.17, 15) is 0 Å². The second-order valence-electron chi connectivity index (χ2n) is 1.33. The van der Waals surface area contributed by atoms with E-state index in [2.05, 4.69) is 12.2 Å². The van der Waals surface area contributed by atoms with Crippen molar-refractivity contribution in [2.75, 3.05) is 13.2 Å². The summed E-state index contributed by atoms with van der Waals surface area (Å²) in [4.78, 5) is 0. The van der Waals surface area contributed by atoms with E-state index in [-0.39, 0.29) is 0 Å². The van der Waals surface area contributed by atoms with Gasteiger partial charge in [-0.1, -0.05) is 6.92 Å². The lowest BCUT2D eigenvalue weighted by Crippen LogP contribution is -2.26. The van der Waals surface area contributed by atoms with Gasteiger partial charge in [-0.05, 0) is 13.0 Å². The molecule has 0 aliphatic heterocycles. The summed E-state index contributed by atoms with van der Waals surface area (Å²) in [6, 6.07) is 0. The molecule has 0 spiro atoms. The predicted molar refractivity (Wildman–Crippen MR) is 28.1 cm³/mol. The normalized spacial score (nSPS) is 9.43. The first-order valence-corrected chi connectivity index (χ1v) is 2.49. The fraction of sp³-hybridized carbons (Fsp3) is 1.00. The Hall–Kier alpha value is -0.120. The molecule has 3 nitrogen and oxygen atoms in total. The van der Waals surface area contributed by atoms with Crippen LogP contribution in [0.25, 0.3) is 0 Å². The fourth-order valence-corrected chi connectivity index (χ4v) is 0.321. The molecular weight excluding hydrogens is 92.1 g/mol. The maximum atomic E-state index is 7.98. The van der Waals surface area contributed by atoms with E-state index in [4.69, 9.17) is 5.21 Å². The quantitative estimate of drug-likeness (QED) is 0.265. The molecule has 7 heavy (non-hydrogen) atoms. The first-order valence-electron chi connectivity index (χ1n) is 2.49. The van der Waals surface area contributed by atoms with Crippen LogP contribution in [0.15, 0.2) is 0 Å². The SMILES string of the molecule is CCCNCNO. The van der Waals surface area contributed by atoms with Crippen LogP contribution in [0.5, 0.6) is 0 Å². The van der Waals surface area contributed by atoms with Crippen molar-refractivity contribution < 1.29 is 5.21 Å². The predicted octanol–water partition coefficient (Wildman–Crippen LogP) is -0.0777. The summed E-state index contributed by atoms with van der Waals surface area (Å²) in [6.45, 7) is 3.51. The summed E-state index contributed by atoms with van der Waals surface area (Å²) in [5, 5.41) is 10.9. The number of rotatable bonds is 4. The molecule has 0 radical (unpaired) electrons. The van der Waals surface area contributed by atoms with Gasteiger partial charge in [0, 0.05) is 0 Å². The van der Waals surface area contributed by atoms with Gasteiger partial charge in [-0.2, -0.15) is 5.48 Å². The van der Waals surface area contributed by atoms with Crippen LogP contribution in [0.4, 0.5) is 0 Å². The largest absolute Gasteiger partial charge is 0.316 e. The van der Waals surface area contributed by atoms with Crippen LogP contribution in [-0.4, -0.2) is 18.4 Å². The van der Waals surface area contributed by atoms with Crippen molar-refractivity contribution in [3.05, 3.63) is 0 Å². The molecule has 0 aromatic rings. The van der Waals surface area contributed by atoms with Gasteiger partial charge in [-0.25, -0.2) is 0 Å². The Labute approximate surface area is 43.7 Å². The molecule has 0 aromatic carbocycles. The van der Waals surface area contributed by atoms with Crippen LogP contribution in [0.3, 0.4) is 0 Å². The third-order valence-electron chi connectivity index (χ3n) is 0.631. The Balaban J connectivity index is 2.45. The zero-order valence-electron chi connectivity index (χ0n) is 4.57. The van der Waals surface area contributed by atoms with Gasteiger partial charge in [0.05, 0.1) is 6.67 Å². The Morgan fingerprint density at radius 3 is 2.71 bits per heavy atom. The highest BCUT2D eigenvalue weighted by Gasteiger charge is 1.75. The summed E-state index contributed by atoms with van der Waals surface area (Å²) < 4.78 is 0. The number of hydroxylamine groups is 1. The van der Waals surface area contributed by atoms with E-state index in [0.717, 1.165) is 13.0 Å². The fourth-order valence-electron chi connectivity index (χ4n) is 0.321. The highest BCUT2D eigenvalue weighted by molar-refractivity contribution is 4.34. The number of nitrogens with one attached hydrogen (secondary N) is 2. The summed E-state index contributed by atoms with van der Waals surface area (Å²) in [6.07, 6.45) is 1.10. The van der Waals surface area contributed by atoms with Crippen molar-refractivity contribution in [1.82, 2.24) is 10.8 Å². The lowest BCUT2D eigenvalue weighted by molar-refractivity contribution is 0.158. The number of hydrogen-bond donors (Lipinski definition) is 3. The molecular formula is C4H12N2O. The Morgan fingerprint density at radius 1 is 1.57 bits per heavy atom. The average molecular weight is 104 g/mol. The topological polar surface area (TPSA) is 44.3 Å². The molecule has 0 heterocycles. The standard InChI is InChI=1S/C4H12N2O/c1-2-3-5-4-6-7/h5-7H,2-4H2,1H3. The molecule has 0 fully saturated rings. The maximum Gasteiger partial charge on any atom is 0.0698 e. The summed E-state index contributed by atoms with van der Waals surface area (Å²) in [5.41, 5.74) is 1.99. The van der Waals surface area contributed by atoms with Gasteiger partial charge in [0.1, 0.15) is 0 Å². The Morgan fingerprint density at radius 2 is 2.29 bits per heavy atom. The van der Waals surface area contributed by atoms with Crippen LogP contribution in [0.2, 0.25) is 0 Å². The maximum absolute atomic E-state index is 7.98. The minimum atomic E-state index is 0.480. The van der Waals surface area contributed by atoms with E-state index in [0.29, 0.717) is 6.67 Å². The lowest BCUT2D eigenvalue weighted by Gasteiger charge is -1.96. The molecule has 3 N–H and O–H groups in total. The molecule has 44 valence electrons. The first kappa shape index (κ1) is 6.88. The second kappa shape index (κ2) is 5.88. The molecule has 0 aromatic heterocycles. The molecule has 0 unspecified atom stereocenters. The van der Waals surface area contributed by atoms with Gasteiger partial charge >= 0.3 is 0 Å². The van der Waals surface area contributed by atoms with Crippen LogP contribution < -0.4 is 10.8 Å². The summed E-state index contributed by atoms with van der Waals surface area (Å²) in [5.74, 6) is 0. The van der Waals surface area contributed by atoms with Crippen molar-refractivity contribution in [1.29, 1.82) is 0 Å². The summed E-state index contributed by atoms with van der Waals surface area (Å²) in [7, 11) is 0. The first-order chi connectivity index (χ1) is 3.41. The van der Waals surface area contributed by atoms with Crippen molar-refractivity contribution in [2.24, 2.45) is 0 Å². The molecule has 0 amide bonds. The molecule has 3 heteroatoms. The van der Waals surface area contributed by atoms with Gasteiger partial charge in [-0.15, -0.1) is 0 Å². The van der Waals surface area contributed by atoms with E-state index < -0.39 is 0 Å². The molecule has 0 atom stereocenters. The smallest absolute Gasteiger partial charge is 0.0698 e. The van der Waals surface area contributed by atoms with Crippen molar-refractivity contribution in [3.8, 4) is 0 Å². The lowest BCUT2D eigenvalue weighted by atomic mass is 10.5. The second-order valence-corrected chi connectivity index (χ2v) is 1.33. The minimum Gasteiger partial charge on any atom is -0.316 e. The van der Waals surface area contributed by atoms with Gasteiger partial charge in [0.15, 0.2) is 0 Å². The zero-order chi connectivity index (χ0) is 5.54. The van der Waals surface area contributed by atoms with Crippen LogP contribution in [0.1, 0.15) is 13.3 Å². The number of hydrogen-bond acceptors (Lipinski definition) is 3. The molecule has 0 aliphatic rings.